The number of piperazine rings is 1. The van der Waals surface area contributed by atoms with Gasteiger partial charge in [0.2, 0.25) is 0 Å². The van der Waals surface area contributed by atoms with Gasteiger partial charge in [0.25, 0.3) is 0 Å². The molecule has 0 aromatic carbocycles. The predicted molar refractivity (Wildman–Crippen MR) is 92.8 cm³/mol. The van der Waals surface area contributed by atoms with Gasteiger partial charge in [-0.3, -0.25) is 0 Å². The molecule has 3 rings (SSSR count). The van der Waals surface area contributed by atoms with Crippen molar-refractivity contribution in [2.75, 3.05) is 31.1 Å². The van der Waals surface area contributed by atoms with Gasteiger partial charge in [0, 0.05) is 25.8 Å². The second kappa shape index (κ2) is 6.15. The van der Waals surface area contributed by atoms with Gasteiger partial charge < -0.3 is 19.3 Å². The molecule has 1 fully saturated rings. The minimum absolute atomic E-state index is 0.121. The van der Waals surface area contributed by atoms with Crippen LogP contribution in [0.1, 0.15) is 46.1 Å². The molecule has 6 heteroatoms. The third-order valence-electron chi connectivity index (χ3n) is 4.36. The number of pyridine rings is 1. The van der Waals surface area contributed by atoms with Gasteiger partial charge in [0.05, 0.1) is 6.04 Å². The molecule has 132 valence electrons. The molecule has 0 saturated carbocycles. The number of rotatable bonds is 1. The highest BCUT2D eigenvalue weighted by atomic mass is 16.6. The molecule has 0 bridgehead atoms. The van der Waals surface area contributed by atoms with Gasteiger partial charge in [0.1, 0.15) is 12.2 Å². The Morgan fingerprint density at radius 1 is 1.38 bits per heavy atom. The SMILES string of the molecule is CC(C)c1cnc2c(c1)OCC1CN(C(=O)OC(C)(C)C)CCN21. The molecule has 0 aliphatic carbocycles. The van der Waals surface area contributed by atoms with E-state index in [0.717, 1.165) is 18.1 Å². The molecule has 1 saturated heterocycles. The Hall–Kier alpha value is -1.98. The van der Waals surface area contributed by atoms with Crippen molar-refractivity contribution in [3.63, 3.8) is 0 Å². The molecular formula is C18H27N3O3. The molecular weight excluding hydrogens is 306 g/mol. The molecule has 1 aromatic rings. The zero-order valence-corrected chi connectivity index (χ0v) is 15.2. The molecule has 6 nitrogen and oxygen atoms in total. The average molecular weight is 333 g/mol. The van der Waals surface area contributed by atoms with Crippen LogP contribution in [-0.2, 0) is 4.74 Å². The molecule has 0 N–H and O–H groups in total. The van der Waals surface area contributed by atoms with E-state index in [9.17, 15) is 4.79 Å². The highest BCUT2D eigenvalue weighted by molar-refractivity contribution is 5.69. The van der Waals surface area contributed by atoms with E-state index in [1.165, 1.54) is 5.56 Å². The van der Waals surface area contributed by atoms with Crippen LogP contribution in [0.25, 0.3) is 0 Å². The van der Waals surface area contributed by atoms with Crippen LogP contribution in [0.15, 0.2) is 12.3 Å². The monoisotopic (exact) mass is 333 g/mol. The summed E-state index contributed by atoms with van der Waals surface area (Å²) in [6.45, 7) is 12.5. The largest absolute Gasteiger partial charge is 0.487 e. The number of ether oxygens (including phenoxy) is 2. The summed E-state index contributed by atoms with van der Waals surface area (Å²) in [5, 5.41) is 0. The van der Waals surface area contributed by atoms with Crippen molar-refractivity contribution in [3.8, 4) is 5.75 Å². The number of hydrogen-bond donors (Lipinski definition) is 0. The van der Waals surface area contributed by atoms with Crippen LogP contribution in [-0.4, -0.2) is 53.9 Å². The average Bonchev–Trinajstić information content (AvgIpc) is 2.51. The van der Waals surface area contributed by atoms with Crippen LogP contribution in [0.4, 0.5) is 10.6 Å². The lowest BCUT2D eigenvalue weighted by Gasteiger charge is -2.44. The fraction of sp³-hybridized carbons (Fsp3) is 0.667. The summed E-state index contributed by atoms with van der Waals surface area (Å²) in [6.07, 6.45) is 1.67. The first-order valence-electron chi connectivity index (χ1n) is 8.62. The number of carbonyl (C=O) groups excluding carboxylic acids is 1. The standard InChI is InChI=1S/C18H27N3O3/c1-12(2)13-8-15-16(19-9-13)21-7-6-20(10-14(21)11-23-15)17(22)24-18(3,4)5/h8-9,12,14H,6-7,10-11H2,1-5H3. The first-order valence-corrected chi connectivity index (χ1v) is 8.62. The second-order valence-electron chi connectivity index (χ2n) is 7.83. The highest BCUT2D eigenvalue weighted by Crippen LogP contribution is 2.35. The maximum atomic E-state index is 12.3. The van der Waals surface area contributed by atoms with Gasteiger partial charge in [0.15, 0.2) is 11.6 Å². The smallest absolute Gasteiger partial charge is 0.410 e. The number of anilines is 1. The number of nitrogens with zero attached hydrogens (tertiary/aromatic N) is 3. The lowest BCUT2D eigenvalue weighted by Crippen LogP contribution is -2.59. The summed E-state index contributed by atoms with van der Waals surface area (Å²) < 4.78 is 11.4. The van der Waals surface area contributed by atoms with Crippen molar-refractivity contribution in [2.45, 2.75) is 52.2 Å². The maximum Gasteiger partial charge on any atom is 0.410 e. The van der Waals surface area contributed by atoms with E-state index >= 15 is 0 Å². The minimum Gasteiger partial charge on any atom is -0.487 e. The molecule has 2 aliphatic rings. The van der Waals surface area contributed by atoms with Crippen LogP contribution >= 0.6 is 0 Å². The number of aromatic nitrogens is 1. The summed E-state index contributed by atoms with van der Waals surface area (Å²) in [5.41, 5.74) is 0.707. The molecule has 0 radical (unpaired) electrons. The fourth-order valence-corrected chi connectivity index (χ4v) is 3.05. The number of fused-ring (bicyclic) bond motifs is 3. The van der Waals surface area contributed by atoms with Gasteiger partial charge >= 0.3 is 6.09 Å². The minimum atomic E-state index is -0.474. The Bertz CT molecular complexity index is 624. The van der Waals surface area contributed by atoms with E-state index in [4.69, 9.17) is 9.47 Å². The topological polar surface area (TPSA) is 54.9 Å². The van der Waals surface area contributed by atoms with Crippen molar-refractivity contribution in [1.82, 2.24) is 9.88 Å². The van der Waals surface area contributed by atoms with E-state index in [2.05, 4.69) is 29.8 Å². The molecule has 24 heavy (non-hydrogen) atoms. The number of hydrogen-bond acceptors (Lipinski definition) is 5. The van der Waals surface area contributed by atoms with Gasteiger partial charge in [-0.05, 0) is 38.3 Å². The van der Waals surface area contributed by atoms with Gasteiger partial charge in [-0.1, -0.05) is 13.8 Å². The summed E-state index contributed by atoms with van der Waals surface area (Å²) in [5.74, 6) is 2.16. The zero-order chi connectivity index (χ0) is 17.5. The summed E-state index contributed by atoms with van der Waals surface area (Å²) >= 11 is 0. The molecule has 1 amide bonds. The molecule has 1 atom stereocenters. The third kappa shape index (κ3) is 3.42. The predicted octanol–water partition coefficient (Wildman–Crippen LogP) is 3.02. The first kappa shape index (κ1) is 16.9. The van der Waals surface area contributed by atoms with Crippen LogP contribution < -0.4 is 9.64 Å². The fourth-order valence-electron chi connectivity index (χ4n) is 3.05. The summed E-state index contributed by atoms with van der Waals surface area (Å²) in [4.78, 5) is 20.9. The first-order chi connectivity index (χ1) is 11.2. The van der Waals surface area contributed by atoms with Crippen molar-refractivity contribution < 1.29 is 14.3 Å². The van der Waals surface area contributed by atoms with Gasteiger partial charge in [-0.2, -0.15) is 0 Å². The van der Waals surface area contributed by atoms with E-state index < -0.39 is 5.60 Å². The van der Waals surface area contributed by atoms with Gasteiger partial charge in [-0.15, -0.1) is 0 Å². The summed E-state index contributed by atoms with van der Waals surface area (Å²) in [6, 6.07) is 2.21. The number of carbonyl (C=O) groups is 1. The lowest BCUT2D eigenvalue weighted by atomic mass is 10.0. The Morgan fingerprint density at radius 3 is 2.79 bits per heavy atom. The Labute approximate surface area is 143 Å². The van der Waals surface area contributed by atoms with Crippen LogP contribution in [0, 0.1) is 0 Å². The van der Waals surface area contributed by atoms with E-state index in [1.807, 2.05) is 27.0 Å². The lowest BCUT2D eigenvalue weighted by molar-refractivity contribution is 0.0194. The normalized spacial score (nSPS) is 20.3. The maximum absolute atomic E-state index is 12.3. The number of amides is 1. The van der Waals surface area contributed by atoms with E-state index in [1.54, 1.807) is 4.90 Å². The van der Waals surface area contributed by atoms with Crippen molar-refractivity contribution in [3.05, 3.63) is 17.8 Å². The van der Waals surface area contributed by atoms with Crippen LogP contribution in [0.3, 0.4) is 0 Å². The van der Waals surface area contributed by atoms with E-state index in [-0.39, 0.29) is 12.1 Å². The summed E-state index contributed by atoms with van der Waals surface area (Å²) in [7, 11) is 0. The van der Waals surface area contributed by atoms with Crippen molar-refractivity contribution in [2.24, 2.45) is 0 Å². The van der Waals surface area contributed by atoms with Gasteiger partial charge in [-0.25, -0.2) is 9.78 Å². The van der Waals surface area contributed by atoms with Crippen LogP contribution in [0.2, 0.25) is 0 Å². The van der Waals surface area contributed by atoms with Crippen LogP contribution in [0.5, 0.6) is 5.75 Å². The third-order valence-corrected chi connectivity index (χ3v) is 4.36. The van der Waals surface area contributed by atoms with E-state index in [0.29, 0.717) is 25.6 Å². The molecule has 0 spiro atoms. The highest BCUT2D eigenvalue weighted by Gasteiger charge is 2.36. The Balaban J connectivity index is 1.72. The molecule has 1 aromatic heterocycles. The quantitative estimate of drug-likeness (QED) is 0.791. The zero-order valence-electron chi connectivity index (χ0n) is 15.2. The molecule has 2 aliphatic heterocycles. The molecule has 1 unspecified atom stereocenters. The van der Waals surface area contributed by atoms with Crippen molar-refractivity contribution in [1.29, 1.82) is 0 Å². The Morgan fingerprint density at radius 2 is 2.12 bits per heavy atom. The molecule has 3 heterocycles. The van der Waals surface area contributed by atoms with Crippen molar-refractivity contribution >= 4 is 11.9 Å². The second-order valence-corrected chi connectivity index (χ2v) is 7.83. The Kier molecular flexibility index (Phi) is 4.32.